The van der Waals surface area contributed by atoms with Gasteiger partial charge in [-0.3, -0.25) is 4.79 Å². The predicted octanol–water partition coefficient (Wildman–Crippen LogP) is 1.29. The number of methoxy groups -OCH3 is 1. The Labute approximate surface area is 98.9 Å². The summed E-state index contributed by atoms with van der Waals surface area (Å²) in [7, 11) is 1.64. The molecule has 0 spiro atoms. The third-order valence-electron chi connectivity index (χ3n) is 2.71. The van der Waals surface area contributed by atoms with E-state index in [1.807, 2.05) is 20.8 Å². The third-order valence-corrected chi connectivity index (χ3v) is 2.71. The fourth-order valence-electron chi connectivity index (χ4n) is 1.38. The first-order valence-electron chi connectivity index (χ1n) is 6.03. The van der Waals surface area contributed by atoms with Crippen molar-refractivity contribution in [2.24, 2.45) is 11.7 Å². The molecule has 0 saturated heterocycles. The molecule has 0 saturated carbocycles. The van der Waals surface area contributed by atoms with Crippen molar-refractivity contribution in [3.05, 3.63) is 0 Å². The standard InChI is InChI=1S/C12H26N2O2/c1-9(6-5-7-10(2)13)12(15)14-8-11(3)16-4/h9-11H,5-8,13H2,1-4H3,(H,14,15). The van der Waals surface area contributed by atoms with Crippen LogP contribution in [0, 0.1) is 5.92 Å². The number of ether oxygens (including phenoxy) is 1. The summed E-state index contributed by atoms with van der Waals surface area (Å²) >= 11 is 0. The molecule has 96 valence electrons. The van der Waals surface area contributed by atoms with Crippen molar-refractivity contribution in [2.75, 3.05) is 13.7 Å². The maximum atomic E-state index is 11.6. The molecule has 0 radical (unpaired) electrons. The van der Waals surface area contributed by atoms with Gasteiger partial charge in [0.2, 0.25) is 5.91 Å². The van der Waals surface area contributed by atoms with Crippen LogP contribution in [-0.4, -0.2) is 31.7 Å². The molecule has 0 aliphatic carbocycles. The minimum Gasteiger partial charge on any atom is -0.380 e. The Bertz CT molecular complexity index is 195. The molecule has 0 aliphatic rings. The Balaban J connectivity index is 3.65. The summed E-state index contributed by atoms with van der Waals surface area (Å²) in [6.45, 7) is 6.45. The van der Waals surface area contributed by atoms with E-state index >= 15 is 0 Å². The van der Waals surface area contributed by atoms with Crippen LogP contribution in [0.4, 0.5) is 0 Å². The van der Waals surface area contributed by atoms with Gasteiger partial charge >= 0.3 is 0 Å². The Morgan fingerprint density at radius 2 is 1.94 bits per heavy atom. The van der Waals surface area contributed by atoms with E-state index in [1.165, 1.54) is 0 Å². The first kappa shape index (κ1) is 15.4. The van der Waals surface area contributed by atoms with Crippen molar-refractivity contribution in [1.82, 2.24) is 5.32 Å². The van der Waals surface area contributed by atoms with Crippen LogP contribution in [0.2, 0.25) is 0 Å². The quantitative estimate of drug-likeness (QED) is 0.660. The topological polar surface area (TPSA) is 64.3 Å². The lowest BCUT2D eigenvalue weighted by atomic mass is 10.0. The van der Waals surface area contributed by atoms with Crippen molar-refractivity contribution in [3.8, 4) is 0 Å². The second kappa shape index (κ2) is 8.53. The SMILES string of the molecule is COC(C)CNC(=O)C(C)CCCC(C)N. The van der Waals surface area contributed by atoms with Crippen molar-refractivity contribution in [3.63, 3.8) is 0 Å². The molecular weight excluding hydrogens is 204 g/mol. The van der Waals surface area contributed by atoms with Crippen molar-refractivity contribution in [2.45, 2.75) is 52.2 Å². The van der Waals surface area contributed by atoms with Crippen molar-refractivity contribution < 1.29 is 9.53 Å². The number of carbonyl (C=O) groups excluding carboxylic acids is 1. The monoisotopic (exact) mass is 230 g/mol. The van der Waals surface area contributed by atoms with Gasteiger partial charge in [-0.2, -0.15) is 0 Å². The summed E-state index contributed by atoms with van der Waals surface area (Å²) in [6, 6.07) is 0.226. The zero-order valence-electron chi connectivity index (χ0n) is 11.0. The van der Waals surface area contributed by atoms with Gasteiger partial charge in [-0.25, -0.2) is 0 Å². The molecule has 0 heterocycles. The van der Waals surface area contributed by atoms with Gasteiger partial charge in [-0.05, 0) is 26.7 Å². The maximum absolute atomic E-state index is 11.6. The molecule has 3 unspecified atom stereocenters. The highest BCUT2D eigenvalue weighted by atomic mass is 16.5. The van der Waals surface area contributed by atoms with Crippen LogP contribution in [0.3, 0.4) is 0 Å². The molecule has 0 aromatic carbocycles. The molecule has 4 nitrogen and oxygen atoms in total. The molecule has 0 aliphatic heterocycles. The summed E-state index contributed by atoms with van der Waals surface area (Å²) in [4.78, 5) is 11.6. The zero-order valence-corrected chi connectivity index (χ0v) is 11.0. The Morgan fingerprint density at radius 1 is 1.31 bits per heavy atom. The molecule has 16 heavy (non-hydrogen) atoms. The van der Waals surface area contributed by atoms with Crippen molar-refractivity contribution >= 4 is 5.91 Å². The van der Waals surface area contributed by atoms with Crippen LogP contribution in [0.5, 0.6) is 0 Å². The largest absolute Gasteiger partial charge is 0.380 e. The minimum absolute atomic E-state index is 0.0582. The summed E-state index contributed by atoms with van der Waals surface area (Å²) < 4.78 is 5.06. The van der Waals surface area contributed by atoms with Gasteiger partial charge in [0.25, 0.3) is 0 Å². The summed E-state index contributed by atoms with van der Waals surface area (Å²) in [5, 5.41) is 2.88. The summed E-state index contributed by atoms with van der Waals surface area (Å²) in [6.07, 6.45) is 2.95. The lowest BCUT2D eigenvalue weighted by Crippen LogP contribution is -2.35. The molecule has 1 amide bonds. The van der Waals surface area contributed by atoms with Crippen LogP contribution >= 0.6 is 0 Å². The predicted molar refractivity (Wildman–Crippen MR) is 66.1 cm³/mol. The van der Waals surface area contributed by atoms with Gasteiger partial charge in [0, 0.05) is 25.6 Å². The van der Waals surface area contributed by atoms with Crippen LogP contribution in [0.15, 0.2) is 0 Å². The highest BCUT2D eigenvalue weighted by molar-refractivity contribution is 5.78. The Kier molecular flexibility index (Phi) is 8.21. The molecule has 0 aromatic heterocycles. The van der Waals surface area contributed by atoms with E-state index in [0.29, 0.717) is 6.54 Å². The van der Waals surface area contributed by atoms with Gasteiger partial charge in [0.15, 0.2) is 0 Å². The van der Waals surface area contributed by atoms with E-state index in [9.17, 15) is 4.79 Å². The molecule has 3 N–H and O–H groups in total. The van der Waals surface area contributed by atoms with E-state index in [1.54, 1.807) is 7.11 Å². The fourth-order valence-corrected chi connectivity index (χ4v) is 1.38. The van der Waals surface area contributed by atoms with Gasteiger partial charge in [-0.15, -0.1) is 0 Å². The smallest absolute Gasteiger partial charge is 0.222 e. The Morgan fingerprint density at radius 3 is 2.44 bits per heavy atom. The van der Waals surface area contributed by atoms with Crippen molar-refractivity contribution in [1.29, 1.82) is 0 Å². The molecule has 3 atom stereocenters. The van der Waals surface area contributed by atoms with E-state index in [0.717, 1.165) is 19.3 Å². The lowest BCUT2D eigenvalue weighted by molar-refractivity contribution is -0.125. The first-order valence-corrected chi connectivity index (χ1v) is 6.03. The van der Waals surface area contributed by atoms with E-state index in [-0.39, 0.29) is 24.0 Å². The zero-order chi connectivity index (χ0) is 12.6. The molecule has 0 aromatic rings. The van der Waals surface area contributed by atoms with Crippen LogP contribution in [-0.2, 0) is 9.53 Å². The molecule has 0 fully saturated rings. The van der Waals surface area contributed by atoms with E-state index < -0.39 is 0 Å². The van der Waals surface area contributed by atoms with Gasteiger partial charge < -0.3 is 15.8 Å². The minimum atomic E-state index is 0.0582. The number of hydrogen-bond donors (Lipinski definition) is 2. The number of nitrogens with one attached hydrogen (secondary N) is 1. The third kappa shape index (κ3) is 7.65. The molecule has 0 bridgehead atoms. The van der Waals surface area contributed by atoms with Gasteiger partial charge in [0.05, 0.1) is 6.10 Å². The molecule has 0 rings (SSSR count). The normalized spacial score (nSPS) is 16.6. The summed E-state index contributed by atoms with van der Waals surface area (Å²) in [5.41, 5.74) is 5.65. The average molecular weight is 230 g/mol. The van der Waals surface area contributed by atoms with E-state index in [4.69, 9.17) is 10.5 Å². The Hall–Kier alpha value is -0.610. The summed E-state index contributed by atoms with van der Waals surface area (Å²) in [5.74, 6) is 0.163. The average Bonchev–Trinajstić information content (AvgIpc) is 2.24. The van der Waals surface area contributed by atoms with Crippen LogP contribution < -0.4 is 11.1 Å². The number of carbonyl (C=O) groups is 1. The number of amides is 1. The second-order valence-corrected chi connectivity index (χ2v) is 4.60. The molecule has 4 heteroatoms. The first-order chi connectivity index (χ1) is 7.47. The highest BCUT2D eigenvalue weighted by Crippen LogP contribution is 2.08. The van der Waals surface area contributed by atoms with Crippen LogP contribution in [0.1, 0.15) is 40.0 Å². The number of nitrogens with two attached hydrogens (primary N) is 1. The van der Waals surface area contributed by atoms with Gasteiger partial charge in [0.1, 0.15) is 0 Å². The highest BCUT2D eigenvalue weighted by Gasteiger charge is 2.13. The van der Waals surface area contributed by atoms with Crippen LogP contribution in [0.25, 0.3) is 0 Å². The number of hydrogen-bond acceptors (Lipinski definition) is 3. The maximum Gasteiger partial charge on any atom is 0.222 e. The lowest BCUT2D eigenvalue weighted by Gasteiger charge is -2.15. The fraction of sp³-hybridized carbons (Fsp3) is 0.917. The second-order valence-electron chi connectivity index (χ2n) is 4.60. The van der Waals surface area contributed by atoms with Gasteiger partial charge in [-0.1, -0.05) is 13.3 Å². The number of rotatable bonds is 8. The molecular formula is C12H26N2O2. The van der Waals surface area contributed by atoms with E-state index in [2.05, 4.69) is 5.32 Å².